The van der Waals surface area contributed by atoms with Gasteiger partial charge in [0.1, 0.15) is 5.60 Å². The Balaban J connectivity index is 0.000000168. The van der Waals surface area contributed by atoms with Crippen LogP contribution in [0, 0.1) is 0 Å². The molecule has 3 amide bonds. The maximum absolute atomic E-state index is 13.3. The number of rotatable bonds is 11. The minimum atomic E-state index is -0.544. The van der Waals surface area contributed by atoms with Gasteiger partial charge in [-0.1, -0.05) is 39.8 Å². The van der Waals surface area contributed by atoms with Gasteiger partial charge in [0, 0.05) is 68.5 Å². The molecule has 6 aromatic rings. The van der Waals surface area contributed by atoms with E-state index < -0.39 is 22.5 Å². The summed E-state index contributed by atoms with van der Waals surface area (Å²) in [6.45, 7) is 15.3. The Morgan fingerprint density at radius 1 is 0.600 bits per heavy atom. The number of carbonyl (C=O) groups excluding carboxylic acids is 3. The summed E-state index contributed by atoms with van der Waals surface area (Å²) in [4.78, 5) is 45.4. The molecule has 4 aliphatic rings. The number of nitrogens with one attached hydrogen (secondary N) is 5. The van der Waals surface area contributed by atoms with Gasteiger partial charge >= 0.3 is 6.09 Å². The Hall–Kier alpha value is -6.67. The second kappa shape index (κ2) is 16.1. The summed E-state index contributed by atoms with van der Waals surface area (Å²) < 4.78 is 27.1. The normalized spacial score (nSPS) is 16.4. The number of aromatic nitrogens is 2. The van der Waals surface area contributed by atoms with Crippen LogP contribution >= 0.6 is 0 Å². The van der Waals surface area contributed by atoms with Crippen molar-refractivity contribution >= 4 is 51.1 Å². The molecule has 4 aromatic carbocycles. The van der Waals surface area contributed by atoms with Crippen LogP contribution in [0.4, 0.5) is 16.2 Å². The van der Waals surface area contributed by atoms with E-state index in [1.165, 1.54) is 0 Å². The molecule has 0 radical (unpaired) electrons. The highest BCUT2D eigenvalue weighted by molar-refractivity contribution is 6.03. The lowest BCUT2D eigenvalue weighted by atomic mass is 9.89. The maximum Gasteiger partial charge on any atom is 0.407 e. The lowest BCUT2D eigenvalue weighted by Crippen LogP contribution is -2.39. The van der Waals surface area contributed by atoms with Gasteiger partial charge in [-0.3, -0.25) is 9.59 Å². The zero-order valence-corrected chi connectivity index (χ0v) is 38.1. The average Bonchev–Trinajstić information content (AvgIpc) is 3.96. The van der Waals surface area contributed by atoms with E-state index >= 15 is 0 Å². The Morgan fingerprint density at radius 3 is 1.48 bits per heavy atom. The van der Waals surface area contributed by atoms with Crippen LogP contribution in [0.1, 0.15) is 96.7 Å². The quantitative estimate of drug-likeness (QED) is 0.0737. The van der Waals surface area contributed by atoms with Crippen molar-refractivity contribution in [2.75, 3.05) is 37.3 Å². The van der Waals surface area contributed by atoms with Gasteiger partial charge in [0.15, 0.2) is 23.0 Å². The first-order chi connectivity index (χ1) is 30.9. The molecule has 0 spiro atoms. The molecule has 340 valence electrons. The minimum absolute atomic E-state index is 0.0154. The molecule has 2 fully saturated rings. The van der Waals surface area contributed by atoms with Gasteiger partial charge in [-0.05, 0) is 130 Å². The molecular formula is C51H58N6O8. The third-order valence-electron chi connectivity index (χ3n) is 13.0. The molecule has 7 N–H and O–H groups in total. The van der Waals surface area contributed by atoms with Crippen molar-refractivity contribution in [2.45, 2.75) is 101 Å². The van der Waals surface area contributed by atoms with E-state index in [1.807, 2.05) is 93.6 Å². The van der Waals surface area contributed by atoms with E-state index in [9.17, 15) is 14.4 Å². The van der Waals surface area contributed by atoms with Gasteiger partial charge < -0.3 is 55.3 Å². The molecule has 2 aliphatic carbocycles. The number of anilines is 2. The molecule has 4 heterocycles. The summed E-state index contributed by atoms with van der Waals surface area (Å²) in [5.41, 5.74) is 11.4. The Bertz CT molecular complexity index is 2820. The molecule has 2 aromatic heterocycles. The van der Waals surface area contributed by atoms with Gasteiger partial charge in [-0.15, -0.1) is 0 Å². The topological polar surface area (TPSA) is 191 Å². The lowest BCUT2D eigenvalue weighted by Gasteiger charge is -2.25. The largest absolute Gasteiger partial charge is 0.454 e. The fourth-order valence-corrected chi connectivity index (χ4v) is 8.40. The summed E-state index contributed by atoms with van der Waals surface area (Å²) in [5, 5.41) is 11.1. The fraction of sp³-hybridized carbons (Fsp3) is 0.392. The van der Waals surface area contributed by atoms with Crippen LogP contribution < -0.4 is 40.6 Å². The van der Waals surface area contributed by atoms with Crippen molar-refractivity contribution in [3.63, 3.8) is 0 Å². The number of alkyl carbamates (subject to hydrolysis) is 1. The molecule has 0 bridgehead atoms. The first-order valence-corrected chi connectivity index (χ1v) is 22.2. The molecule has 14 heteroatoms. The highest BCUT2D eigenvalue weighted by Crippen LogP contribution is 2.52. The zero-order valence-electron chi connectivity index (χ0n) is 38.1. The van der Waals surface area contributed by atoms with E-state index in [4.69, 9.17) is 29.4 Å². The van der Waals surface area contributed by atoms with Crippen LogP contribution in [0.25, 0.3) is 21.8 Å². The second-order valence-corrected chi connectivity index (χ2v) is 20.0. The fourth-order valence-electron chi connectivity index (χ4n) is 8.40. The maximum atomic E-state index is 13.3. The van der Waals surface area contributed by atoms with Gasteiger partial charge in [-0.2, -0.15) is 0 Å². The van der Waals surface area contributed by atoms with Gasteiger partial charge in [0.05, 0.1) is 10.8 Å². The van der Waals surface area contributed by atoms with Crippen LogP contribution in [-0.4, -0.2) is 60.2 Å². The van der Waals surface area contributed by atoms with Crippen molar-refractivity contribution in [1.82, 2.24) is 15.3 Å². The van der Waals surface area contributed by atoms with E-state index in [1.54, 1.807) is 0 Å². The number of hydrogen-bond acceptors (Lipinski definition) is 9. The number of aromatic amines is 2. The third kappa shape index (κ3) is 8.79. The number of nitrogens with two attached hydrogens (primary N) is 1. The van der Waals surface area contributed by atoms with E-state index in [2.05, 4.69) is 65.7 Å². The number of carbonyl (C=O) groups is 3. The summed E-state index contributed by atoms with van der Waals surface area (Å²) in [5.74, 6) is 2.86. The smallest absolute Gasteiger partial charge is 0.407 e. The molecular weight excluding hydrogens is 825 g/mol. The van der Waals surface area contributed by atoms with E-state index in [-0.39, 0.29) is 36.2 Å². The number of benzene rings is 4. The summed E-state index contributed by atoms with van der Waals surface area (Å²) >= 11 is 0. The molecule has 14 nitrogen and oxygen atoms in total. The zero-order chi connectivity index (χ0) is 45.9. The summed E-state index contributed by atoms with van der Waals surface area (Å²) in [6.07, 6.45) is 2.83. The van der Waals surface area contributed by atoms with Crippen LogP contribution in [0.2, 0.25) is 0 Å². The predicted molar refractivity (Wildman–Crippen MR) is 250 cm³/mol. The molecule has 10 rings (SSSR count). The van der Waals surface area contributed by atoms with Crippen LogP contribution in [-0.2, 0) is 36.0 Å². The van der Waals surface area contributed by atoms with Gasteiger partial charge in [0.2, 0.25) is 25.4 Å². The third-order valence-corrected chi connectivity index (χ3v) is 13.0. The molecule has 2 saturated carbocycles. The highest BCUT2D eigenvalue weighted by atomic mass is 16.7. The number of fused-ring (bicyclic) bond motifs is 4. The monoisotopic (exact) mass is 882 g/mol. The Kier molecular flexibility index (Phi) is 10.8. The molecule has 0 saturated heterocycles. The SMILES string of the molecule is CC(C)(C)OC(=O)NCC(C)(C)c1cc2cc(NC(=O)C3(c4ccc5c(c4)OCO5)CC3)ccc2[nH]1.CC(C)(CN)c1cc2cc(NC(=O)C3(c4ccc5c(c4)OCO5)CC3)ccc2[nH]1. The molecule has 65 heavy (non-hydrogen) atoms. The molecule has 0 unspecified atom stereocenters. The standard InChI is InChI=1S/C28H33N3O5.C23H25N3O3/c1-26(2,3)36-25(33)29-15-27(4,5)23-13-17-12-19(7-8-20(17)31-23)30-24(32)28(10-11-28)18-6-9-21-22(14-18)35-16-34-21;1-22(2,12-24)20-10-14-9-16(4-5-17(14)26-20)25-21(27)23(7-8-23)15-3-6-18-19(11-15)29-13-28-18/h6-9,12-14,31H,10-11,15-16H2,1-5H3,(H,29,33)(H,30,32);3-6,9-11,26H,7-8,12-13,24H2,1-2H3,(H,25,27). The van der Waals surface area contributed by atoms with Crippen molar-refractivity contribution in [3.8, 4) is 23.0 Å². The number of hydrogen-bond donors (Lipinski definition) is 6. The van der Waals surface area contributed by atoms with Crippen molar-refractivity contribution in [2.24, 2.45) is 5.73 Å². The first kappa shape index (κ1) is 43.6. The summed E-state index contributed by atoms with van der Waals surface area (Å²) in [6, 6.07) is 27.5. The Labute approximate surface area is 378 Å². The number of H-pyrrole nitrogens is 2. The van der Waals surface area contributed by atoms with Crippen molar-refractivity contribution in [3.05, 3.63) is 107 Å². The van der Waals surface area contributed by atoms with Crippen LogP contribution in [0.5, 0.6) is 23.0 Å². The van der Waals surface area contributed by atoms with E-state index in [0.717, 1.165) is 87.1 Å². The highest BCUT2D eigenvalue weighted by Gasteiger charge is 2.52. The minimum Gasteiger partial charge on any atom is -0.454 e. The average molecular weight is 883 g/mol. The first-order valence-electron chi connectivity index (χ1n) is 22.2. The second-order valence-electron chi connectivity index (χ2n) is 20.0. The van der Waals surface area contributed by atoms with Crippen molar-refractivity contribution < 1.29 is 38.1 Å². The number of amides is 3. The predicted octanol–water partition coefficient (Wildman–Crippen LogP) is 9.17. The number of ether oxygens (including phenoxy) is 5. The van der Waals surface area contributed by atoms with Crippen LogP contribution in [0.3, 0.4) is 0 Å². The van der Waals surface area contributed by atoms with Gasteiger partial charge in [0.25, 0.3) is 0 Å². The van der Waals surface area contributed by atoms with Crippen LogP contribution in [0.15, 0.2) is 84.9 Å². The molecule has 2 aliphatic heterocycles. The summed E-state index contributed by atoms with van der Waals surface area (Å²) in [7, 11) is 0. The van der Waals surface area contributed by atoms with Crippen molar-refractivity contribution in [1.29, 1.82) is 0 Å². The van der Waals surface area contributed by atoms with Gasteiger partial charge in [-0.25, -0.2) is 4.79 Å². The lowest BCUT2D eigenvalue weighted by molar-refractivity contribution is -0.119. The Morgan fingerprint density at radius 2 is 1.05 bits per heavy atom. The van der Waals surface area contributed by atoms with E-state index in [0.29, 0.717) is 30.3 Å². The molecule has 0 atom stereocenters.